The minimum absolute atomic E-state index is 0.0246. The summed E-state index contributed by atoms with van der Waals surface area (Å²) in [7, 11) is 2.54. The Morgan fingerprint density at radius 3 is 2.54 bits per heavy atom. The molecule has 0 radical (unpaired) electrons. The number of ether oxygens (including phenoxy) is 2. The molecule has 1 aromatic carbocycles. The number of carbonyl (C=O) groups excluding carboxylic acids is 2. The van der Waals surface area contributed by atoms with Gasteiger partial charge in [-0.3, -0.25) is 14.2 Å². The summed E-state index contributed by atoms with van der Waals surface area (Å²) in [6.45, 7) is 3.20. The van der Waals surface area contributed by atoms with Crippen molar-refractivity contribution < 1.29 is 24.2 Å². The third-order valence-corrected chi connectivity index (χ3v) is 4.67. The number of esters is 2. The molecule has 0 aliphatic heterocycles. The highest BCUT2D eigenvalue weighted by Gasteiger charge is 2.21. The van der Waals surface area contributed by atoms with Gasteiger partial charge in [0.2, 0.25) is 0 Å². The van der Waals surface area contributed by atoms with Crippen LogP contribution in [0, 0.1) is 0 Å². The Morgan fingerprint density at radius 2 is 1.96 bits per heavy atom. The van der Waals surface area contributed by atoms with Crippen molar-refractivity contribution in [1.29, 1.82) is 0 Å². The Morgan fingerprint density at radius 1 is 1.27 bits per heavy atom. The molecule has 0 aliphatic carbocycles. The predicted molar refractivity (Wildman–Crippen MR) is 96.4 cm³/mol. The van der Waals surface area contributed by atoms with Gasteiger partial charge in [-0.05, 0) is 32.0 Å². The molecule has 2 atom stereocenters. The van der Waals surface area contributed by atoms with Crippen LogP contribution in [0.25, 0.3) is 10.9 Å². The van der Waals surface area contributed by atoms with Gasteiger partial charge in [0.1, 0.15) is 5.25 Å². The van der Waals surface area contributed by atoms with E-state index < -0.39 is 23.3 Å². The van der Waals surface area contributed by atoms with Crippen LogP contribution in [0.4, 0.5) is 0 Å². The second-order valence-electron chi connectivity index (χ2n) is 5.67. The highest BCUT2D eigenvalue weighted by atomic mass is 32.2. The molecule has 0 bridgehead atoms. The number of fused-ring (bicyclic) bond motifs is 1. The van der Waals surface area contributed by atoms with Gasteiger partial charge < -0.3 is 14.6 Å². The lowest BCUT2D eigenvalue weighted by Gasteiger charge is -2.16. The average Bonchev–Trinajstić information content (AvgIpc) is 2.62. The van der Waals surface area contributed by atoms with E-state index in [9.17, 15) is 19.5 Å². The van der Waals surface area contributed by atoms with Gasteiger partial charge in [-0.2, -0.15) is 0 Å². The Bertz CT molecular complexity index is 893. The molecule has 26 heavy (non-hydrogen) atoms. The lowest BCUT2D eigenvalue weighted by Crippen LogP contribution is -2.29. The normalized spacial score (nSPS) is 13.3. The van der Waals surface area contributed by atoms with Crippen molar-refractivity contribution in [2.45, 2.75) is 36.9 Å². The fourth-order valence-corrected chi connectivity index (χ4v) is 3.28. The van der Waals surface area contributed by atoms with Gasteiger partial charge in [-0.1, -0.05) is 11.8 Å². The van der Waals surface area contributed by atoms with Crippen molar-refractivity contribution in [3.63, 3.8) is 0 Å². The molecule has 0 saturated carbocycles. The minimum Gasteiger partial charge on any atom is -0.468 e. The molecule has 0 fully saturated rings. The van der Waals surface area contributed by atoms with Crippen LogP contribution in [0.3, 0.4) is 0 Å². The summed E-state index contributed by atoms with van der Waals surface area (Å²) in [5.74, 6) is -1.00. The van der Waals surface area contributed by atoms with E-state index in [-0.39, 0.29) is 22.8 Å². The van der Waals surface area contributed by atoms with Crippen LogP contribution < -0.4 is 5.56 Å². The van der Waals surface area contributed by atoms with Crippen LogP contribution in [0.5, 0.6) is 0 Å². The maximum atomic E-state index is 12.8. The third-order valence-electron chi connectivity index (χ3n) is 3.60. The summed E-state index contributed by atoms with van der Waals surface area (Å²) in [4.78, 5) is 40.7. The number of aliphatic hydroxyl groups is 1. The minimum atomic E-state index is -0.783. The molecule has 1 heterocycles. The first kappa shape index (κ1) is 19.9. The maximum absolute atomic E-state index is 12.8. The SMILES string of the molecule is COC(=O)c1ccc2c(=O)n(C[C@@H](C)O)c(S[C@H](C)C(=O)OC)nc2c1. The zero-order valence-electron chi connectivity index (χ0n) is 14.9. The third kappa shape index (κ3) is 4.23. The number of carbonyl (C=O) groups is 2. The zero-order chi connectivity index (χ0) is 19.4. The van der Waals surface area contributed by atoms with Crippen LogP contribution in [-0.2, 0) is 20.8 Å². The van der Waals surface area contributed by atoms with Crippen molar-refractivity contribution in [3.05, 3.63) is 34.1 Å². The van der Waals surface area contributed by atoms with Gasteiger partial charge >= 0.3 is 11.9 Å². The zero-order valence-corrected chi connectivity index (χ0v) is 15.7. The molecule has 1 N–H and O–H groups in total. The largest absolute Gasteiger partial charge is 0.468 e. The Balaban J connectivity index is 2.63. The number of hydrogen-bond acceptors (Lipinski definition) is 8. The molecule has 140 valence electrons. The molecular weight excluding hydrogens is 360 g/mol. The van der Waals surface area contributed by atoms with Crippen molar-refractivity contribution in [2.24, 2.45) is 0 Å². The summed E-state index contributed by atoms with van der Waals surface area (Å²) in [6.07, 6.45) is -0.783. The van der Waals surface area contributed by atoms with Crippen LogP contribution in [-0.4, -0.2) is 52.2 Å². The topological polar surface area (TPSA) is 108 Å². The highest BCUT2D eigenvalue weighted by Crippen LogP contribution is 2.24. The van der Waals surface area contributed by atoms with Crippen molar-refractivity contribution in [3.8, 4) is 0 Å². The number of aromatic nitrogens is 2. The standard InChI is InChI=1S/C17H20N2O6S/c1-9(20)8-19-14(21)12-6-5-11(16(23)25-4)7-13(12)18-17(19)26-10(2)15(22)24-3/h5-7,9-10,20H,8H2,1-4H3/t9-,10-/m1/s1. The Kier molecular flexibility index (Phi) is 6.38. The molecule has 2 rings (SSSR count). The molecule has 1 aromatic heterocycles. The van der Waals surface area contributed by atoms with Crippen molar-refractivity contribution in [2.75, 3.05) is 14.2 Å². The fourth-order valence-electron chi connectivity index (χ4n) is 2.33. The molecule has 2 aromatic rings. The van der Waals surface area contributed by atoms with Crippen LogP contribution >= 0.6 is 11.8 Å². The highest BCUT2D eigenvalue weighted by molar-refractivity contribution is 8.00. The molecule has 0 saturated heterocycles. The molecule has 0 spiro atoms. The van der Waals surface area contributed by atoms with E-state index in [0.29, 0.717) is 10.9 Å². The van der Waals surface area contributed by atoms with Gasteiger partial charge in [0.25, 0.3) is 5.56 Å². The van der Waals surface area contributed by atoms with Crippen molar-refractivity contribution >= 4 is 34.6 Å². The molecular formula is C17H20N2O6S. The van der Waals surface area contributed by atoms with E-state index in [1.807, 2.05) is 0 Å². The van der Waals surface area contributed by atoms with E-state index in [2.05, 4.69) is 9.72 Å². The quantitative estimate of drug-likeness (QED) is 0.453. The van der Waals surface area contributed by atoms with E-state index in [1.165, 1.54) is 37.0 Å². The van der Waals surface area contributed by atoms with Crippen molar-refractivity contribution in [1.82, 2.24) is 9.55 Å². The first-order valence-electron chi connectivity index (χ1n) is 7.84. The number of benzene rings is 1. The van der Waals surface area contributed by atoms with Gasteiger partial charge in [0.05, 0.1) is 43.3 Å². The maximum Gasteiger partial charge on any atom is 0.337 e. The molecule has 9 heteroatoms. The first-order valence-corrected chi connectivity index (χ1v) is 8.72. The van der Waals surface area contributed by atoms with Crippen LogP contribution in [0.2, 0.25) is 0 Å². The van der Waals surface area contributed by atoms with Gasteiger partial charge in [-0.25, -0.2) is 9.78 Å². The summed E-state index contributed by atoms with van der Waals surface area (Å²) < 4.78 is 10.7. The van der Waals surface area contributed by atoms with E-state index in [4.69, 9.17) is 4.74 Å². The van der Waals surface area contributed by atoms with Gasteiger partial charge in [-0.15, -0.1) is 0 Å². The van der Waals surface area contributed by atoms with Crippen LogP contribution in [0.1, 0.15) is 24.2 Å². The van der Waals surface area contributed by atoms with Crippen LogP contribution in [0.15, 0.2) is 28.2 Å². The smallest absolute Gasteiger partial charge is 0.337 e. The second kappa shape index (κ2) is 8.33. The number of hydrogen-bond donors (Lipinski definition) is 1. The van der Waals surface area contributed by atoms with E-state index in [1.54, 1.807) is 13.8 Å². The molecule has 8 nitrogen and oxygen atoms in total. The van der Waals surface area contributed by atoms with E-state index in [0.717, 1.165) is 11.8 Å². The average molecular weight is 380 g/mol. The predicted octanol–water partition coefficient (Wildman–Crippen LogP) is 1.22. The lowest BCUT2D eigenvalue weighted by molar-refractivity contribution is -0.139. The van der Waals surface area contributed by atoms with Gasteiger partial charge in [0.15, 0.2) is 5.16 Å². The number of thioether (sulfide) groups is 1. The molecule has 0 aliphatic rings. The first-order chi connectivity index (χ1) is 12.3. The van der Waals surface area contributed by atoms with E-state index >= 15 is 0 Å². The van der Waals surface area contributed by atoms with Gasteiger partial charge in [0, 0.05) is 0 Å². The molecule has 0 unspecified atom stereocenters. The summed E-state index contributed by atoms with van der Waals surface area (Å²) in [6, 6.07) is 4.43. The summed E-state index contributed by atoms with van der Waals surface area (Å²) >= 11 is 1.04. The summed E-state index contributed by atoms with van der Waals surface area (Å²) in [5.41, 5.74) is 0.198. The molecule has 0 amide bonds. The monoisotopic (exact) mass is 380 g/mol. The number of aliphatic hydroxyl groups excluding tert-OH is 1. The summed E-state index contributed by atoms with van der Waals surface area (Å²) in [5, 5.41) is 9.66. The number of methoxy groups -OCH3 is 2. The Hall–Kier alpha value is -2.39. The number of rotatable bonds is 6. The number of nitrogens with zero attached hydrogens (tertiary/aromatic N) is 2. The Labute approximate surface area is 154 Å². The lowest BCUT2D eigenvalue weighted by atomic mass is 10.1. The fraction of sp³-hybridized carbons (Fsp3) is 0.412. The second-order valence-corrected chi connectivity index (χ2v) is 6.97.